The van der Waals surface area contributed by atoms with Crippen molar-refractivity contribution in [2.75, 3.05) is 6.61 Å². The van der Waals surface area contributed by atoms with Crippen LogP contribution < -0.4 is 0 Å². The van der Waals surface area contributed by atoms with E-state index in [1.807, 2.05) is 6.92 Å². The van der Waals surface area contributed by atoms with Crippen molar-refractivity contribution in [2.24, 2.45) is 0 Å². The van der Waals surface area contributed by atoms with Gasteiger partial charge < -0.3 is 9.84 Å². The number of halogens is 1. The van der Waals surface area contributed by atoms with Crippen LogP contribution in [0.1, 0.15) is 31.9 Å². The predicted molar refractivity (Wildman–Crippen MR) is 59.0 cm³/mol. The van der Waals surface area contributed by atoms with Crippen LogP contribution in [0.15, 0.2) is 12.4 Å². The summed E-state index contributed by atoms with van der Waals surface area (Å²) in [5, 5.41) is 13.6. The minimum absolute atomic E-state index is 0.0844. The lowest BCUT2D eigenvalue weighted by molar-refractivity contribution is -0.153. The fourth-order valence-corrected chi connectivity index (χ4v) is 1.40. The minimum atomic E-state index is -2.07. The number of carbonyl (C=O) groups excluding carboxylic acids is 1. The lowest BCUT2D eigenvalue weighted by atomic mass is 10.1. The average molecular weight is 244 g/mol. The molecule has 0 saturated heterocycles. The van der Waals surface area contributed by atoms with Crippen molar-refractivity contribution in [1.29, 1.82) is 0 Å². The van der Waals surface area contributed by atoms with Gasteiger partial charge in [-0.3, -0.25) is 4.68 Å². The summed E-state index contributed by atoms with van der Waals surface area (Å²) >= 11 is 0. The van der Waals surface area contributed by atoms with Gasteiger partial charge in [0.15, 0.2) is 0 Å². The van der Waals surface area contributed by atoms with Crippen LogP contribution in [0.5, 0.6) is 0 Å². The normalized spacial score (nSPS) is 14.4. The van der Waals surface area contributed by atoms with Gasteiger partial charge in [-0.15, -0.1) is 0 Å². The van der Waals surface area contributed by atoms with Gasteiger partial charge in [-0.25, -0.2) is 9.18 Å². The van der Waals surface area contributed by atoms with Crippen LogP contribution in [0.4, 0.5) is 4.39 Å². The molecule has 0 saturated carbocycles. The highest BCUT2D eigenvalue weighted by molar-refractivity contribution is 5.75. The smallest absolute Gasteiger partial charge is 0.343 e. The summed E-state index contributed by atoms with van der Waals surface area (Å²) < 4.78 is 19.6. The summed E-state index contributed by atoms with van der Waals surface area (Å²) in [5.41, 5.74) is 0.277. The van der Waals surface area contributed by atoms with Crippen molar-refractivity contribution in [1.82, 2.24) is 9.78 Å². The summed E-state index contributed by atoms with van der Waals surface area (Å²) in [6.45, 7) is 4.33. The molecule has 6 heteroatoms. The summed E-state index contributed by atoms with van der Waals surface area (Å²) in [6, 6.07) is 0. The Balaban J connectivity index is 2.67. The van der Waals surface area contributed by atoms with E-state index in [1.165, 1.54) is 12.4 Å². The number of alkyl halides is 1. The Morgan fingerprint density at radius 2 is 2.35 bits per heavy atom. The molecule has 2 unspecified atom stereocenters. The zero-order valence-electron chi connectivity index (χ0n) is 9.97. The van der Waals surface area contributed by atoms with E-state index in [4.69, 9.17) is 0 Å². The van der Waals surface area contributed by atoms with Gasteiger partial charge in [0.05, 0.1) is 12.8 Å². The first-order valence-electron chi connectivity index (χ1n) is 5.61. The molecule has 0 aliphatic rings. The van der Waals surface area contributed by atoms with Crippen molar-refractivity contribution in [3.8, 4) is 0 Å². The van der Waals surface area contributed by atoms with E-state index >= 15 is 0 Å². The van der Waals surface area contributed by atoms with E-state index in [9.17, 15) is 14.3 Å². The van der Waals surface area contributed by atoms with E-state index in [0.29, 0.717) is 6.54 Å². The Morgan fingerprint density at radius 1 is 1.65 bits per heavy atom. The van der Waals surface area contributed by atoms with E-state index in [-0.39, 0.29) is 12.2 Å². The molecule has 5 nitrogen and oxygen atoms in total. The third kappa shape index (κ3) is 3.52. The fourth-order valence-electron chi connectivity index (χ4n) is 1.40. The van der Waals surface area contributed by atoms with E-state index in [1.54, 1.807) is 11.6 Å². The van der Waals surface area contributed by atoms with Crippen molar-refractivity contribution < 1.29 is 19.0 Å². The number of rotatable bonds is 6. The maximum Gasteiger partial charge on any atom is 0.343 e. The molecule has 0 aliphatic heterocycles. The number of aliphatic hydroxyl groups is 1. The number of hydrogen-bond donors (Lipinski definition) is 1. The SMILES string of the molecule is CCCn1cc(C(O)C(F)C(=O)OCC)cn1. The van der Waals surface area contributed by atoms with Crippen LogP contribution in [-0.2, 0) is 16.1 Å². The van der Waals surface area contributed by atoms with Gasteiger partial charge in [-0.2, -0.15) is 5.10 Å². The van der Waals surface area contributed by atoms with Crippen LogP contribution in [0.2, 0.25) is 0 Å². The van der Waals surface area contributed by atoms with Gasteiger partial charge in [0.1, 0.15) is 6.10 Å². The van der Waals surface area contributed by atoms with Crippen LogP contribution in [0.25, 0.3) is 0 Å². The number of aliphatic hydroxyl groups excluding tert-OH is 1. The van der Waals surface area contributed by atoms with Crippen LogP contribution in [-0.4, -0.2) is 33.6 Å². The first-order chi connectivity index (χ1) is 8.10. The van der Waals surface area contributed by atoms with E-state index < -0.39 is 18.2 Å². The molecule has 2 atom stereocenters. The van der Waals surface area contributed by atoms with Crippen LogP contribution >= 0.6 is 0 Å². The van der Waals surface area contributed by atoms with Gasteiger partial charge >= 0.3 is 5.97 Å². The number of hydrogen-bond acceptors (Lipinski definition) is 4. The largest absolute Gasteiger partial charge is 0.464 e. The number of nitrogens with zero attached hydrogens (tertiary/aromatic N) is 2. The molecule has 0 bridgehead atoms. The molecule has 0 fully saturated rings. The molecular formula is C11H17FN2O3. The van der Waals surface area contributed by atoms with Crippen LogP contribution in [0, 0.1) is 0 Å². The average Bonchev–Trinajstić information content (AvgIpc) is 2.76. The first-order valence-corrected chi connectivity index (χ1v) is 5.61. The molecule has 0 aliphatic carbocycles. The monoisotopic (exact) mass is 244 g/mol. The number of aromatic nitrogens is 2. The highest BCUT2D eigenvalue weighted by Crippen LogP contribution is 2.19. The molecule has 1 aromatic rings. The van der Waals surface area contributed by atoms with Gasteiger partial charge in [0, 0.05) is 18.3 Å². The lowest BCUT2D eigenvalue weighted by Crippen LogP contribution is -2.25. The van der Waals surface area contributed by atoms with Crippen molar-refractivity contribution in [3.05, 3.63) is 18.0 Å². The first kappa shape index (κ1) is 13.6. The Hall–Kier alpha value is -1.43. The number of esters is 1. The second kappa shape index (κ2) is 6.34. The van der Waals surface area contributed by atoms with Gasteiger partial charge in [0.25, 0.3) is 0 Å². The van der Waals surface area contributed by atoms with Crippen molar-refractivity contribution >= 4 is 5.97 Å². The van der Waals surface area contributed by atoms with Gasteiger partial charge in [-0.1, -0.05) is 6.92 Å². The fraction of sp³-hybridized carbons (Fsp3) is 0.636. The highest BCUT2D eigenvalue weighted by atomic mass is 19.1. The van der Waals surface area contributed by atoms with Crippen LogP contribution in [0.3, 0.4) is 0 Å². The Kier molecular flexibility index (Phi) is 5.09. The maximum absolute atomic E-state index is 13.5. The molecule has 0 spiro atoms. The second-order valence-electron chi connectivity index (χ2n) is 3.64. The van der Waals surface area contributed by atoms with Gasteiger partial charge in [0.2, 0.25) is 6.17 Å². The Morgan fingerprint density at radius 3 is 2.94 bits per heavy atom. The number of ether oxygens (including phenoxy) is 1. The Bertz CT molecular complexity index is 367. The standard InChI is InChI=1S/C11H17FN2O3/c1-3-5-14-7-8(6-13-14)10(15)9(12)11(16)17-4-2/h6-7,9-10,15H,3-5H2,1-2H3. The molecule has 1 N–H and O–H groups in total. The van der Waals surface area contributed by atoms with E-state index in [2.05, 4.69) is 9.84 Å². The zero-order chi connectivity index (χ0) is 12.8. The van der Waals surface area contributed by atoms with Crippen molar-refractivity contribution in [2.45, 2.75) is 39.1 Å². The molecule has 17 heavy (non-hydrogen) atoms. The summed E-state index contributed by atoms with van der Waals surface area (Å²) in [6.07, 6.45) is 0.161. The summed E-state index contributed by atoms with van der Waals surface area (Å²) in [5.74, 6) is -1.05. The predicted octanol–water partition coefficient (Wildman–Crippen LogP) is 1.23. The molecule has 1 aromatic heterocycles. The molecule has 1 heterocycles. The maximum atomic E-state index is 13.5. The molecule has 0 amide bonds. The third-order valence-corrected chi connectivity index (χ3v) is 2.24. The molecule has 96 valence electrons. The Labute approximate surface area is 99.2 Å². The molecule has 1 rings (SSSR count). The topological polar surface area (TPSA) is 64.4 Å². The van der Waals surface area contributed by atoms with Gasteiger partial charge in [-0.05, 0) is 13.3 Å². The molecule has 0 aromatic carbocycles. The molecular weight excluding hydrogens is 227 g/mol. The lowest BCUT2D eigenvalue weighted by Gasteiger charge is -2.12. The quantitative estimate of drug-likeness (QED) is 0.764. The third-order valence-electron chi connectivity index (χ3n) is 2.24. The van der Waals surface area contributed by atoms with Crippen molar-refractivity contribution in [3.63, 3.8) is 0 Å². The number of carbonyl (C=O) groups is 1. The van der Waals surface area contributed by atoms with E-state index in [0.717, 1.165) is 6.42 Å². The summed E-state index contributed by atoms with van der Waals surface area (Å²) in [4.78, 5) is 11.1. The summed E-state index contributed by atoms with van der Waals surface area (Å²) in [7, 11) is 0. The number of aryl methyl sites for hydroxylation is 1. The molecule has 0 radical (unpaired) electrons. The zero-order valence-corrected chi connectivity index (χ0v) is 9.97. The highest BCUT2D eigenvalue weighted by Gasteiger charge is 2.29. The minimum Gasteiger partial charge on any atom is -0.464 e. The second-order valence-corrected chi connectivity index (χ2v) is 3.64.